The van der Waals surface area contributed by atoms with Crippen LogP contribution in [0.4, 0.5) is 0 Å². The van der Waals surface area contributed by atoms with Gasteiger partial charge in [0.05, 0.1) is 15.3 Å². The number of thiophene rings is 1. The number of ether oxygens (including phenoxy) is 1. The van der Waals surface area contributed by atoms with Crippen LogP contribution in [0.2, 0.25) is 0 Å². The van der Waals surface area contributed by atoms with E-state index in [1.165, 1.54) is 11.3 Å². The minimum Gasteiger partial charge on any atom is -0.383 e. The number of methoxy groups -OCH3 is 1. The van der Waals surface area contributed by atoms with Gasteiger partial charge >= 0.3 is 0 Å². The summed E-state index contributed by atoms with van der Waals surface area (Å²) in [6, 6.07) is 2.00. The average Bonchev–Trinajstić information content (AvgIpc) is 2.60. The first-order chi connectivity index (χ1) is 7.19. The lowest BCUT2D eigenvalue weighted by atomic mass is 10.2. The van der Waals surface area contributed by atoms with E-state index in [-0.39, 0.29) is 5.91 Å². The summed E-state index contributed by atoms with van der Waals surface area (Å²) in [5.74, 6) is -0.0143. The molecule has 0 aliphatic carbocycles. The van der Waals surface area contributed by atoms with E-state index >= 15 is 0 Å². The quantitative estimate of drug-likeness (QED) is 0.847. The fourth-order valence-electron chi connectivity index (χ4n) is 1.20. The van der Waals surface area contributed by atoms with E-state index in [4.69, 9.17) is 4.74 Å². The fourth-order valence-corrected chi connectivity index (χ4v) is 2.85. The van der Waals surface area contributed by atoms with E-state index < -0.39 is 0 Å². The standard InChI is InChI=1S/C10H14BrNO2S/c1-3-7-6-8(11)15-9(7)10(13)12-4-5-14-2/h6H,3-5H2,1-2H3,(H,12,13). The first-order valence-corrected chi connectivity index (χ1v) is 6.35. The Bertz CT molecular complexity index is 338. The topological polar surface area (TPSA) is 38.3 Å². The highest BCUT2D eigenvalue weighted by molar-refractivity contribution is 9.11. The third-order valence-corrected chi connectivity index (χ3v) is 3.64. The lowest BCUT2D eigenvalue weighted by Crippen LogP contribution is -2.26. The van der Waals surface area contributed by atoms with Crippen LogP contribution in [0.5, 0.6) is 0 Å². The molecule has 0 spiro atoms. The summed E-state index contributed by atoms with van der Waals surface area (Å²) in [5.41, 5.74) is 1.08. The molecule has 1 heterocycles. The zero-order chi connectivity index (χ0) is 11.3. The zero-order valence-corrected chi connectivity index (χ0v) is 11.2. The Balaban J connectivity index is 2.64. The highest BCUT2D eigenvalue weighted by Crippen LogP contribution is 2.27. The number of halogens is 1. The fraction of sp³-hybridized carbons (Fsp3) is 0.500. The van der Waals surface area contributed by atoms with Gasteiger partial charge in [0.15, 0.2) is 0 Å². The van der Waals surface area contributed by atoms with E-state index in [9.17, 15) is 4.79 Å². The molecule has 0 aliphatic rings. The van der Waals surface area contributed by atoms with Crippen LogP contribution in [0.15, 0.2) is 9.85 Å². The summed E-state index contributed by atoms with van der Waals surface area (Å²) in [5, 5.41) is 2.81. The van der Waals surface area contributed by atoms with Crippen LogP contribution in [0.25, 0.3) is 0 Å². The number of hydrogen-bond donors (Lipinski definition) is 1. The van der Waals surface area contributed by atoms with Gasteiger partial charge in [-0.05, 0) is 34.0 Å². The number of amides is 1. The van der Waals surface area contributed by atoms with Crippen molar-refractivity contribution in [1.29, 1.82) is 0 Å². The lowest BCUT2D eigenvalue weighted by Gasteiger charge is -2.03. The van der Waals surface area contributed by atoms with Crippen molar-refractivity contribution < 1.29 is 9.53 Å². The molecule has 5 heteroatoms. The summed E-state index contributed by atoms with van der Waals surface area (Å²) in [6.45, 7) is 3.13. The van der Waals surface area contributed by atoms with Crippen molar-refractivity contribution in [2.45, 2.75) is 13.3 Å². The van der Waals surface area contributed by atoms with E-state index in [0.717, 1.165) is 20.6 Å². The van der Waals surface area contributed by atoms with Crippen molar-refractivity contribution in [2.75, 3.05) is 20.3 Å². The third-order valence-electron chi connectivity index (χ3n) is 1.96. The van der Waals surface area contributed by atoms with Crippen molar-refractivity contribution in [3.05, 3.63) is 20.3 Å². The Morgan fingerprint density at radius 3 is 3.00 bits per heavy atom. The summed E-state index contributed by atoms with van der Waals surface area (Å²) in [6.07, 6.45) is 0.870. The van der Waals surface area contributed by atoms with Crippen LogP contribution in [-0.2, 0) is 11.2 Å². The van der Waals surface area contributed by atoms with Gasteiger partial charge in [-0.2, -0.15) is 0 Å². The predicted octanol–water partition coefficient (Wildman–Crippen LogP) is 2.45. The van der Waals surface area contributed by atoms with Gasteiger partial charge < -0.3 is 10.1 Å². The molecule has 3 nitrogen and oxygen atoms in total. The van der Waals surface area contributed by atoms with Gasteiger partial charge in [-0.3, -0.25) is 4.79 Å². The number of carbonyl (C=O) groups excluding carboxylic acids is 1. The molecule has 1 N–H and O–H groups in total. The lowest BCUT2D eigenvalue weighted by molar-refractivity contribution is 0.0940. The van der Waals surface area contributed by atoms with Gasteiger partial charge in [-0.1, -0.05) is 6.92 Å². The second-order valence-electron chi connectivity index (χ2n) is 3.01. The van der Waals surface area contributed by atoms with Gasteiger partial charge in [0.1, 0.15) is 0 Å². The second-order valence-corrected chi connectivity index (χ2v) is 5.44. The Morgan fingerprint density at radius 1 is 1.67 bits per heavy atom. The molecule has 0 fully saturated rings. The van der Waals surface area contributed by atoms with Crippen LogP contribution >= 0.6 is 27.3 Å². The zero-order valence-electron chi connectivity index (χ0n) is 8.80. The first-order valence-electron chi connectivity index (χ1n) is 4.74. The van der Waals surface area contributed by atoms with Crippen molar-refractivity contribution in [1.82, 2.24) is 5.32 Å². The normalized spacial score (nSPS) is 10.3. The SMILES string of the molecule is CCc1cc(Br)sc1C(=O)NCCOC. The molecule has 0 radical (unpaired) electrons. The second kappa shape index (κ2) is 6.25. The number of nitrogens with one attached hydrogen (secondary N) is 1. The molecule has 1 amide bonds. The van der Waals surface area contributed by atoms with Crippen LogP contribution < -0.4 is 5.32 Å². The van der Waals surface area contributed by atoms with Gasteiger partial charge in [0.25, 0.3) is 5.91 Å². The van der Waals surface area contributed by atoms with Crippen LogP contribution in [-0.4, -0.2) is 26.2 Å². The molecule has 0 saturated heterocycles. The molecular weight excluding hydrogens is 278 g/mol. The smallest absolute Gasteiger partial charge is 0.261 e. The molecule has 0 aliphatic heterocycles. The molecule has 0 aromatic carbocycles. The Hall–Kier alpha value is -0.390. The van der Waals surface area contributed by atoms with Crippen molar-refractivity contribution >= 4 is 33.2 Å². The summed E-state index contributed by atoms with van der Waals surface area (Å²) in [4.78, 5) is 12.5. The molecule has 1 aromatic heterocycles. The van der Waals surface area contributed by atoms with Crippen molar-refractivity contribution in [2.24, 2.45) is 0 Å². The van der Waals surface area contributed by atoms with E-state index in [1.54, 1.807) is 7.11 Å². The minimum atomic E-state index is -0.0143. The Morgan fingerprint density at radius 2 is 2.40 bits per heavy atom. The molecule has 0 atom stereocenters. The van der Waals surface area contributed by atoms with Crippen LogP contribution in [0, 0.1) is 0 Å². The maximum Gasteiger partial charge on any atom is 0.261 e. The van der Waals surface area contributed by atoms with Gasteiger partial charge in [-0.25, -0.2) is 0 Å². The molecule has 0 saturated carbocycles. The van der Waals surface area contributed by atoms with Gasteiger partial charge in [-0.15, -0.1) is 11.3 Å². The summed E-state index contributed by atoms with van der Waals surface area (Å²) in [7, 11) is 1.62. The van der Waals surface area contributed by atoms with E-state index in [1.807, 2.05) is 13.0 Å². The molecule has 1 aromatic rings. The van der Waals surface area contributed by atoms with E-state index in [0.29, 0.717) is 13.2 Å². The number of aryl methyl sites for hydroxylation is 1. The maximum atomic E-state index is 11.7. The summed E-state index contributed by atoms with van der Waals surface area (Å²) >= 11 is 4.86. The van der Waals surface area contributed by atoms with E-state index in [2.05, 4.69) is 21.2 Å². The largest absolute Gasteiger partial charge is 0.383 e. The summed E-state index contributed by atoms with van der Waals surface area (Å²) < 4.78 is 5.87. The number of rotatable bonds is 5. The minimum absolute atomic E-state index is 0.0143. The molecule has 84 valence electrons. The number of carbonyl (C=O) groups is 1. The maximum absolute atomic E-state index is 11.7. The Labute approximate surface area is 102 Å². The highest BCUT2D eigenvalue weighted by atomic mass is 79.9. The van der Waals surface area contributed by atoms with Gasteiger partial charge in [0.2, 0.25) is 0 Å². The van der Waals surface area contributed by atoms with Crippen LogP contribution in [0.3, 0.4) is 0 Å². The van der Waals surface area contributed by atoms with Crippen molar-refractivity contribution in [3.8, 4) is 0 Å². The third kappa shape index (κ3) is 3.59. The first kappa shape index (κ1) is 12.7. The predicted molar refractivity (Wildman–Crippen MR) is 65.6 cm³/mol. The molecule has 1 rings (SSSR count). The van der Waals surface area contributed by atoms with Crippen molar-refractivity contribution in [3.63, 3.8) is 0 Å². The molecule has 15 heavy (non-hydrogen) atoms. The number of hydrogen-bond acceptors (Lipinski definition) is 3. The molecular formula is C10H14BrNO2S. The monoisotopic (exact) mass is 291 g/mol. The van der Waals surface area contributed by atoms with Crippen LogP contribution in [0.1, 0.15) is 22.2 Å². The molecule has 0 unspecified atom stereocenters. The highest BCUT2D eigenvalue weighted by Gasteiger charge is 2.13. The average molecular weight is 292 g/mol. The Kier molecular flexibility index (Phi) is 5.28. The van der Waals surface area contributed by atoms with Gasteiger partial charge in [0, 0.05) is 13.7 Å². The molecule has 0 bridgehead atoms.